The van der Waals surface area contributed by atoms with E-state index in [1.54, 1.807) is 14.2 Å². The first-order valence-electron chi connectivity index (χ1n) is 12.9. The van der Waals surface area contributed by atoms with Crippen molar-refractivity contribution >= 4 is 8.32 Å². The number of rotatable bonds is 12. The summed E-state index contributed by atoms with van der Waals surface area (Å²) in [7, 11) is 1.29. The number of benzene rings is 2. The van der Waals surface area contributed by atoms with E-state index in [-0.39, 0.29) is 18.6 Å². The van der Waals surface area contributed by atoms with Gasteiger partial charge in [0.2, 0.25) is 0 Å². The van der Waals surface area contributed by atoms with Crippen LogP contribution in [0.2, 0.25) is 18.1 Å². The van der Waals surface area contributed by atoms with E-state index in [1.807, 2.05) is 42.5 Å². The summed E-state index contributed by atoms with van der Waals surface area (Å²) in [5.74, 6) is 1.96. The number of aliphatic hydroxyl groups is 1. The largest absolute Gasteiger partial charge is 0.492 e. The Balaban J connectivity index is 1.92. The molecule has 1 aliphatic rings. The van der Waals surface area contributed by atoms with Crippen molar-refractivity contribution in [3.8, 4) is 17.2 Å². The van der Waals surface area contributed by atoms with Crippen molar-refractivity contribution in [2.24, 2.45) is 0 Å². The van der Waals surface area contributed by atoms with Crippen LogP contribution in [0.1, 0.15) is 51.7 Å². The maximum atomic E-state index is 12.5. The third-order valence-corrected chi connectivity index (χ3v) is 12.5. The third-order valence-electron chi connectivity index (χ3n) is 7.96. The minimum absolute atomic E-state index is 0.134. The van der Waals surface area contributed by atoms with Crippen LogP contribution < -0.4 is 14.2 Å². The van der Waals surface area contributed by atoms with E-state index in [0.29, 0.717) is 36.9 Å². The highest BCUT2D eigenvalue weighted by molar-refractivity contribution is 6.74. The van der Waals surface area contributed by atoms with Crippen molar-refractivity contribution in [1.82, 2.24) is 0 Å². The van der Waals surface area contributed by atoms with Crippen molar-refractivity contribution < 1.29 is 33.2 Å². The molecule has 0 saturated heterocycles. The fraction of sp³-hybridized carbons (Fsp3) is 0.586. The zero-order valence-electron chi connectivity index (χ0n) is 23.7. The lowest BCUT2D eigenvalue weighted by Gasteiger charge is -2.49. The van der Waals surface area contributed by atoms with Crippen LogP contribution in [0.15, 0.2) is 42.5 Å². The molecule has 8 heteroatoms. The second-order valence-electron chi connectivity index (χ2n) is 11.5. The molecule has 0 aliphatic carbocycles. The number of fused-ring (bicyclic) bond motifs is 1. The van der Waals surface area contributed by atoms with E-state index < -0.39 is 19.3 Å². The summed E-state index contributed by atoms with van der Waals surface area (Å²) >= 11 is 0. The Bertz CT molecular complexity index is 1020. The maximum Gasteiger partial charge on any atom is 0.191 e. The van der Waals surface area contributed by atoms with Gasteiger partial charge in [-0.25, -0.2) is 0 Å². The molecule has 0 radical (unpaired) electrons. The van der Waals surface area contributed by atoms with Crippen molar-refractivity contribution in [1.29, 1.82) is 0 Å². The molecule has 1 N–H and O–H groups in total. The molecule has 0 amide bonds. The number of methoxy groups -OCH3 is 2. The van der Waals surface area contributed by atoms with Crippen LogP contribution in [-0.2, 0) is 24.9 Å². The molecule has 7 nitrogen and oxygen atoms in total. The summed E-state index contributed by atoms with van der Waals surface area (Å²) < 4.78 is 33.9. The summed E-state index contributed by atoms with van der Waals surface area (Å²) in [6, 6.07) is 13.4. The predicted molar refractivity (Wildman–Crippen MR) is 147 cm³/mol. The molecule has 2 aromatic rings. The van der Waals surface area contributed by atoms with E-state index in [1.165, 1.54) is 0 Å². The van der Waals surface area contributed by atoms with Gasteiger partial charge in [-0.05, 0) is 67.7 Å². The van der Waals surface area contributed by atoms with Gasteiger partial charge in [0.15, 0.2) is 21.9 Å². The molecule has 0 bridgehead atoms. The zero-order chi connectivity index (χ0) is 27.3. The highest BCUT2D eigenvalue weighted by Crippen LogP contribution is 2.52. The van der Waals surface area contributed by atoms with Gasteiger partial charge in [0.1, 0.15) is 29.5 Å². The van der Waals surface area contributed by atoms with E-state index in [9.17, 15) is 5.11 Å². The molecule has 0 aromatic heterocycles. The summed E-state index contributed by atoms with van der Waals surface area (Å²) in [4.78, 5) is 0. The summed E-state index contributed by atoms with van der Waals surface area (Å²) in [6.07, 6.45) is 1.24. The molecule has 0 spiro atoms. The molecule has 1 heterocycles. The van der Waals surface area contributed by atoms with Gasteiger partial charge in [-0.1, -0.05) is 32.9 Å². The Morgan fingerprint density at radius 1 is 0.946 bits per heavy atom. The lowest BCUT2D eigenvalue weighted by atomic mass is 9.63. The van der Waals surface area contributed by atoms with Gasteiger partial charge in [-0.15, -0.1) is 0 Å². The molecule has 37 heavy (non-hydrogen) atoms. The van der Waals surface area contributed by atoms with Crippen molar-refractivity contribution in [3.05, 3.63) is 53.6 Å². The minimum atomic E-state index is -1.88. The smallest absolute Gasteiger partial charge is 0.191 e. The van der Waals surface area contributed by atoms with Gasteiger partial charge in [0.25, 0.3) is 0 Å². The van der Waals surface area contributed by atoms with Gasteiger partial charge in [-0.2, -0.15) is 0 Å². The molecule has 2 aromatic carbocycles. The standard InChI is InChI=1S/C29H44O7Si/c1-27(2,3)37(7,8)36-17-9-16-29(30)25-15-14-24(35-21-32-6)18-26(25)33-19-28(29,4)22-10-12-23(13-11-22)34-20-31-5/h10-15,18,30H,9,16-17,19-21H2,1-8H3. The van der Waals surface area contributed by atoms with Crippen molar-refractivity contribution in [2.75, 3.05) is 41.0 Å². The molecule has 2 atom stereocenters. The van der Waals surface area contributed by atoms with Crippen LogP contribution in [0.25, 0.3) is 0 Å². The van der Waals surface area contributed by atoms with E-state index >= 15 is 0 Å². The quantitative estimate of drug-likeness (QED) is 0.204. The predicted octanol–water partition coefficient (Wildman–Crippen LogP) is 5.99. The lowest BCUT2D eigenvalue weighted by molar-refractivity contribution is -0.0838. The van der Waals surface area contributed by atoms with Gasteiger partial charge in [-0.3, -0.25) is 0 Å². The SMILES string of the molecule is COCOc1ccc(C2(C)COc3cc(OCOC)ccc3C2(O)CCCO[Si](C)(C)C(C)(C)C)cc1. The highest BCUT2D eigenvalue weighted by atomic mass is 28.4. The van der Waals surface area contributed by atoms with Crippen LogP contribution in [0, 0.1) is 0 Å². The second-order valence-corrected chi connectivity index (χ2v) is 16.3. The molecule has 3 rings (SSSR count). The molecule has 2 unspecified atom stereocenters. The van der Waals surface area contributed by atoms with Crippen LogP contribution in [0.4, 0.5) is 0 Å². The number of ether oxygens (including phenoxy) is 5. The first-order valence-corrected chi connectivity index (χ1v) is 15.8. The Morgan fingerprint density at radius 3 is 2.14 bits per heavy atom. The van der Waals surface area contributed by atoms with Gasteiger partial charge >= 0.3 is 0 Å². The number of hydrogen-bond acceptors (Lipinski definition) is 7. The fourth-order valence-electron chi connectivity index (χ4n) is 4.47. The van der Waals surface area contributed by atoms with Crippen molar-refractivity contribution in [2.45, 2.75) is 69.7 Å². The molecule has 206 valence electrons. The third kappa shape index (κ3) is 6.32. The number of hydrogen-bond donors (Lipinski definition) is 1. The Morgan fingerprint density at radius 2 is 1.54 bits per heavy atom. The molecular formula is C29H44O7Si. The first kappa shape index (κ1) is 29.5. The normalized spacial score (nSPS) is 21.8. The van der Waals surface area contributed by atoms with Crippen LogP contribution >= 0.6 is 0 Å². The van der Waals surface area contributed by atoms with Crippen LogP contribution in [-0.4, -0.2) is 54.4 Å². The molecular weight excluding hydrogens is 488 g/mol. The van der Waals surface area contributed by atoms with Gasteiger partial charge in [0.05, 0.1) is 5.41 Å². The summed E-state index contributed by atoms with van der Waals surface area (Å²) in [6.45, 7) is 14.5. The average molecular weight is 533 g/mol. The molecule has 1 aliphatic heterocycles. The topological polar surface area (TPSA) is 75.6 Å². The Labute approximate surface area is 223 Å². The first-order chi connectivity index (χ1) is 17.4. The van der Waals surface area contributed by atoms with Crippen molar-refractivity contribution in [3.63, 3.8) is 0 Å². The van der Waals surface area contributed by atoms with E-state index in [0.717, 1.165) is 17.5 Å². The highest BCUT2D eigenvalue weighted by Gasteiger charge is 2.53. The van der Waals surface area contributed by atoms with E-state index in [2.05, 4.69) is 40.8 Å². The Kier molecular flexibility index (Phi) is 9.35. The molecule has 0 saturated carbocycles. The van der Waals surface area contributed by atoms with Crippen LogP contribution in [0.5, 0.6) is 17.2 Å². The zero-order valence-corrected chi connectivity index (χ0v) is 24.7. The monoisotopic (exact) mass is 532 g/mol. The Hall–Kier alpha value is -2.10. The lowest BCUT2D eigenvalue weighted by Crippen LogP contribution is -2.54. The van der Waals surface area contributed by atoms with Crippen LogP contribution in [0.3, 0.4) is 0 Å². The van der Waals surface area contributed by atoms with Gasteiger partial charge in [0, 0.05) is 32.5 Å². The summed E-state index contributed by atoms with van der Waals surface area (Å²) in [5, 5.41) is 12.7. The van der Waals surface area contributed by atoms with E-state index in [4.69, 9.17) is 28.1 Å². The minimum Gasteiger partial charge on any atom is -0.492 e. The van der Waals surface area contributed by atoms with Gasteiger partial charge < -0.3 is 33.2 Å². The average Bonchev–Trinajstić information content (AvgIpc) is 2.86. The molecule has 0 fully saturated rings. The maximum absolute atomic E-state index is 12.5. The fourth-order valence-corrected chi connectivity index (χ4v) is 5.56. The second kappa shape index (κ2) is 11.7. The summed E-state index contributed by atoms with van der Waals surface area (Å²) in [5.41, 5.74) is -0.175.